The number of likely N-dealkylation sites (N-methyl/N-ethyl adjacent to an activating group) is 1. The fraction of sp³-hybridized carbons (Fsp3) is 0.429. The van der Waals surface area contributed by atoms with Gasteiger partial charge in [0, 0.05) is 48.9 Å². The number of hydrogen-bond acceptors (Lipinski definition) is 4. The van der Waals surface area contributed by atoms with Crippen molar-refractivity contribution >= 4 is 23.2 Å². The summed E-state index contributed by atoms with van der Waals surface area (Å²) in [6.07, 6.45) is 8.43. The van der Waals surface area contributed by atoms with Gasteiger partial charge in [-0.25, -0.2) is 0 Å². The summed E-state index contributed by atoms with van der Waals surface area (Å²) < 4.78 is 0. The zero-order valence-corrected chi connectivity index (χ0v) is 20.0. The molecule has 4 heteroatoms. The van der Waals surface area contributed by atoms with E-state index in [1.807, 2.05) is 12.3 Å². The number of hydrogen-bond donors (Lipinski definition) is 1. The number of nitrogens with zero attached hydrogens (tertiary/aromatic N) is 3. The topological polar surface area (TPSA) is 40.5 Å². The fourth-order valence-corrected chi connectivity index (χ4v) is 4.91. The zero-order chi connectivity index (χ0) is 22.7. The molecule has 1 fully saturated rings. The highest BCUT2D eigenvalue weighted by molar-refractivity contribution is 6.09. The van der Waals surface area contributed by atoms with Crippen LogP contribution in [0.4, 0.5) is 5.69 Å². The summed E-state index contributed by atoms with van der Waals surface area (Å²) in [6, 6.07) is 9.27. The van der Waals surface area contributed by atoms with Crippen LogP contribution >= 0.6 is 0 Å². The third kappa shape index (κ3) is 4.71. The highest BCUT2D eigenvalue weighted by atomic mass is 15.2. The second-order valence-corrected chi connectivity index (χ2v) is 9.02. The van der Waals surface area contributed by atoms with Crippen LogP contribution in [0.1, 0.15) is 61.6 Å². The Kier molecular flexibility index (Phi) is 6.90. The second-order valence-electron chi connectivity index (χ2n) is 9.02. The van der Waals surface area contributed by atoms with Gasteiger partial charge < -0.3 is 10.2 Å². The number of rotatable bonds is 7. The van der Waals surface area contributed by atoms with Crippen LogP contribution in [-0.4, -0.2) is 41.3 Å². The monoisotopic (exact) mass is 428 g/mol. The summed E-state index contributed by atoms with van der Waals surface area (Å²) in [5.41, 5.74) is 10.8. The Labute approximate surface area is 193 Å². The molecule has 1 atom stereocenters. The molecule has 1 aromatic carbocycles. The lowest BCUT2D eigenvalue weighted by molar-refractivity contribution is 0.267. The van der Waals surface area contributed by atoms with Crippen molar-refractivity contribution in [2.75, 3.05) is 19.6 Å². The maximum absolute atomic E-state index is 5.07. The van der Waals surface area contributed by atoms with Crippen molar-refractivity contribution in [1.82, 2.24) is 15.2 Å². The van der Waals surface area contributed by atoms with E-state index < -0.39 is 0 Å². The Hall–Kier alpha value is -2.72. The van der Waals surface area contributed by atoms with Crippen LogP contribution in [0.25, 0.3) is 11.8 Å². The molecule has 168 valence electrons. The Morgan fingerprint density at radius 2 is 2.16 bits per heavy atom. The number of piperidine rings is 1. The van der Waals surface area contributed by atoms with E-state index in [0.29, 0.717) is 6.04 Å². The van der Waals surface area contributed by atoms with Gasteiger partial charge in [0.1, 0.15) is 0 Å². The largest absolute Gasteiger partial charge is 0.370 e. The van der Waals surface area contributed by atoms with Crippen LogP contribution in [-0.2, 0) is 12.8 Å². The van der Waals surface area contributed by atoms with E-state index in [4.69, 9.17) is 4.99 Å². The molecule has 2 aliphatic heterocycles. The van der Waals surface area contributed by atoms with Gasteiger partial charge in [-0.2, -0.15) is 0 Å². The third-order valence-electron chi connectivity index (χ3n) is 6.80. The molecule has 32 heavy (non-hydrogen) atoms. The Bertz CT molecular complexity index is 1060. The molecule has 0 radical (unpaired) electrons. The average molecular weight is 429 g/mol. The summed E-state index contributed by atoms with van der Waals surface area (Å²) in [4.78, 5) is 11.9. The predicted molar refractivity (Wildman–Crippen MR) is 137 cm³/mol. The molecule has 1 saturated heterocycles. The van der Waals surface area contributed by atoms with E-state index in [9.17, 15) is 0 Å². The summed E-state index contributed by atoms with van der Waals surface area (Å²) in [6.45, 7) is 16.3. The van der Waals surface area contributed by atoms with Crippen LogP contribution in [0.2, 0.25) is 0 Å². The fourth-order valence-electron chi connectivity index (χ4n) is 4.91. The molecule has 2 aromatic rings. The molecule has 0 unspecified atom stereocenters. The van der Waals surface area contributed by atoms with Gasteiger partial charge in [0.05, 0.1) is 5.69 Å². The van der Waals surface area contributed by atoms with Gasteiger partial charge in [0.2, 0.25) is 0 Å². The van der Waals surface area contributed by atoms with Gasteiger partial charge in [-0.05, 0) is 91.8 Å². The summed E-state index contributed by atoms with van der Waals surface area (Å²) in [5.74, 6) is 0. The van der Waals surface area contributed by atoms with Crippen molar-refractivity contribution in [2.24, 2.45) is 4.99 Å². The normalized spacial score (nSPS) is 18.5. The number of fused-ring (bicyclic) bond motifs is 1. The smallest absolute Gasteiger partial charge is 0.0678 e. The number of nitrogens with one attached hydrogen (secondary N) is 1. The van der Waals surface area contributed by atoms with E-state index >= 15 is 0 Å². The lowest BCUT2D eigenvalue weighted by Crippen LogP contribution is -2.44. The third-order valence-corrected chi connectivity index (χ3v) is 6.80. The Balaban J connectivity index is 1.60. The minimum Gasteiger partial charge on any atom is -0.370 e. The highest BCUT2D eigenvalue weighted by Gasteiger charge is 2.24. The van der Waals surface area contributed by atoms with E-state index in [1.54, 1.807) is 0 Å². The maximum atomic E-state index is 5.07. The first-order valence-corrected chi connectivity index (χ1v) is 12.0. The minimum atomic E-state index is 0.555. The number of benzene rings is 1. The van der Waals surface area contributed by atoms with E-state index in [2.05, 4.69) is 73.7 Å². The lowest BCUT2D eigenvalue weighted by atomic mass is 9.94. The molecule has 0 saturated carbocycles. The summed E-state index contributed by atoms with van der Waals surface area (Å²) >= 11 is 0. The Morgan fingerprint density at radius 1 is 1.31 bits per heavy atom. The molecule has 3 heterocycles. The number of aryl methyl sites for hydroxylation is 2. The van der Waals surface area contributed by atoms with Crippen molar-refractivity contribution in [2.45, 2.75) is 59.4 Å². The number of allylic oxidation sites excluding steroid dienone is 1. The first kappa shape index (κ1) is 22.5. The molecule has 1 aromatic heterocycles. The molecular weight excluding hydrogens is 392 g/mol. The quantitative estimate of drug-likeness (QED) is 0.612. The SMILES string of the molecule is C=C(c1cc(CC)c2c(c1)N=C(/C(C)=C/c1cccnc1C)C2)N1CCC[C@@H](NCC)C1. The molecule has 0 spiro atoms. The van der Waals surface area contributed by atoms with Gasteiger partial charge >= 0.3 is 0 Å². The van der Waals surface area contributed by atoms with Gasteiger partial charge in [0.25, 0.3) is 0 Å². The molecule has 0 aliphatic carbocycles. The standard InChI is InChI=1S/C28H36N4/c1-6-22-15-24(21(5)32-13-9-11-25(18-32)29-7-2)16-28-26(22)17-27(31-28)19(3)14-23-10-8-12-30-20(23)4/h8,10,12,14-16,25,29H,5-7,9,11,13,17-18H2,1-4H3/b19-14+/t25-/m1/s1. The molecule has 4 nitrogen and oxygen atoms in total. The number of aliphatic imine (C=N–C) groups is 1. The summed E-state index contributed by atoms with van der Waals surface area (Å²) in [7, 11) is 0. The van der Waals surface area contributed by atoms with E-state index in [-0.39, 0.29) is 0 Å². The van der Waals surface area contributed by atoms with Crippen LogP contribution in [0.3, 0.4) is 0 Å². The van der Waals surface area contributed by atoms with Gasteiger partial charge in [0.15, 0.2) is 0 Å². The van der Waals surface area contributed by atoms with Crippen molar-refractivity contribution in [3.05, 3.63) is 70.6 Å². The van der Waals surface area contributed by atoms with Crippen LogP contribution in [0, 0.1) is 6.92 Å². The lowest BCUT2D eigenvalue weighted by Gasteiger charge is -2.36. The van der Waals surface area contributed by atoms with Gasteiger partial charge in [-0.3, -0.25) is 9.98 Å². The van der Waals surface area contributed by atoms with Gasteiger partial charge in [-0.15, -0.1) is 0 Å². The molecular formula is C28H36N4. The predicted octanol–water partition coefficient (Wildman–Crippen LogP) is 5.73. The summed E-state index contributed by atoms with van der Waals surface area (Å²) in [5, 5.41) is 3.61. The molecule has 0 bridgehead atoms. The molecule has 4 rings (SSSR count). The van der Waals surface area contributed by atoms with E-state index in [0.717, 1.165) is 60.8 Å². The molecule has 1 N–H and O–H groups in total. The molecule has 0 amide bonds. The zero-order valence-electron chi connectivity index (χ0n) is 20.0. The van der Waals surface area contributed by atoms with E-state index in [1.165, 1.54) is 35.1 Å². The van der Waals surface area contributed by atoms with Crippen LogP contribution in [0.15, 0.2) is 47.6 Å². The van der Waals surface area contributed by atoms with Gasteiger partial charge in [-0.1, -0.05) is 26.5 Å². The minimum absolute atomic E-state index is 0.555. The first-order valence-electron chi connectivity index (χ1n) is 12.0. The second kappa shape index (κ2) is 9.83. The Morgan fingerprint density at radius 3 is 2.91 bits per heavy atom. The average Bonchev–Trinajstić information content (AvgIpc) is 3.24. The van der Waals surface area contributed by atoms with Crippen molar-refractivity contribution in [3.63, 3.8) is 0 Å². The highest BCUT2D eigenvalue weighted by Crippen LogP contribution is 2.36. The number of aromatic nitrogens is 1. The van der Waals surface area contributed by atoms with Crippen LogP contribution < -0.4 is 5.32 Å². The van der Waals surface area contributed by atoms with Crippen molar-refractivity contribution in [1.29, 1.82) is 0 Å². The van der Waals surface area contributed by atoms with Crippen molar-refractivity contribution < 1.29 is 0 Å². The first-order chi connectivity index (χ1) is 15.5. The van der Waals surface area contributed by atoms with Crippen LogP contribution in [0.5, 0.6) is 0 Å². The van der Waals surface area contributed by atoms with Crippen molar-refractivity contribution in [3.8, 4) is 0 Å². The number of pyridine rings is 1. The molecule has 2 aliphatic rings. The maximum Gasteiger partial charge on any atom is 0.0678 e. The number of likely N-dealkylation sites (tertiary alicyclic amines) is 1.